The molecule has 0 radical (unpaired) electrons. The van der Waals surface area contributed by atoms with Gasteiger partial charge >= 0.3 is 0 Å². The highest BCUT2D eigenvalue weighted by Gasteiger charge is 2.11. The predicted molar refractivity (Wildman–Crippen MR) is 101 cm³/mol. The van der Waals surface area contributed by atoms with Crippen LogP contribution in [0.4, 0.5) is 21.5 Å². The summed E-state index contributed by atoms with van der Waals surface area (Å²) >= 11 is 0. The van der Waals surface area contributed by atoms with Gasteiger partial charge in [-0.1, -0.05) is 6.07 Å². The lowest BCUT2D eigenvalue weighted by Crippen LogP contribution is -2.29. The van der Waals surface area contributed by atoms with Crippen molar-refractivity contribution in [2.45, 2.75) is 26.2 Å². The summed E-state index contributed by atoms with van der Waals surface area (Å²) in [6.07, 6.45) is 3.79. The summed E-state index contributed by atoms with van der Waals surface area (Å²) in [5, 5.41) is 5.79. The first kappa shape index (κ1) is 17.3. The van der Waals surface area contributed by atoms with E-state index in [2.05, 4.69) is 15.5 Å². The largest absolute Gasteiger partial charge is 0.376 e. The van der Waals surface area contributed by atoms with Gasteiger partial charge in [0.15, 0.2) is 0 Å². The van der Waals surface area contributed by atoms with E-state index in [9.17, 15) is 9.18 Å². The summed E-state index contributed by atoms with van der Waals surface area (Å²) in [5.41, 5.74) is 3.15. The van der Waals surface area contributed by atoms with Crippen molar-refractivity contribution < 1.29 is 9.18 Å². The molecule has 2 N–H and O–H groups in total. The van der Waals surface area contributed by atoms with Crippen molar-refractivity contribution in [2.75, 3.05) is 35.2 Å². The van der Waals surface area contributed by atoms with Crippen molar-refractivity contribution in [3.63, 3.8) is 0 Å². The number of amides is 1. The second kappa shape index (κ2) is 8.01. The van der Waals surface area contributed by atoms with Crippen LogP contribution < -0.4 is 15.5 Å². The number of hydrogen-bond acceptors (Lipinski definition) is 3. The Labute approximate surface area is 148 Å². The van der Waals surface area contributed by atoms with Crippen molar-refractivity contribution in [3.8, 4) is 0 Å². The normalized spacial score (nSPS) is 14.2. The number of hydrogen-bond donors (Lipinski definition) is 2. The number of aryl methyl sites for hydroxylation is 1. The average Bonchev–Trinajstić information content (AvgIpc) is 2.64. The number of piperidine rings is 1. The Kier molecular flexibility index (Phi) is 5.53. The van der Waals surface area contributed by atoms with Crippen LogP contribution in [-0.4, -0.2) is 25.5 Å². The van der Waals surface area contributed by atoms with Gasteiger partial charge in [-0.05, 0) is 68.1 Å². The molecule has 25 heavy (non-hydrogen) atoms. The molecule has 1 aliphatic rings. The van der Waals surface area contributed by atoms with Crippen LogP contribution in [0.2, 0.25) is 0 Å². The predicted octanol–water partition coefficient (Wildman–Crippen LogP) is 4.18. The summed E-state index contributed by atoms with van der Waals surface area (Å²) in [5.74, 6) is -0.439. The molecule has 1 amide bonds. The molecule has 2 aromatic rings. The van der Waals surface area contributed by atoms with E-state index < -0.39 is 0 Å². The monoisotopic (exact) mass is 341 g/mol. The van der Waals surface area contributed by atoms with E-state index >= 15 is 0 Å². The first-order valence-corrected chi connectivity index (χ1v) is 8.77. The van der Waals surface area contributed by atoms with E-state index in [1.165, 1.54) is 31.0 Å². The number of benzene rings is 2. The minimum atomic E-state index is -0.279. The number of nitrogens with zero attached hydrogens (tertiary/aromatic N) is 1. The summed E-state index contributed by atoms with van der Waals surface area (Å²) in [6, 6.07) is 12.8. The van der Waals surface area contributed by atoms with Gasteiger partial charge in [-0.2, -0.15) is 0 Å². The lowest BCUT2D eigenvalue weighted by molar-refractivity contribution is -0.114. The Balaban J connectivity index is 1.51. The molecule has 0 spiro atoms. The molecular formula is C20H24FN3O. The number of nitrogens with one attached hydrogen (secondary N) is 2. The summed E-state index contributed by atoms with van der Waals surface area (Å²) in [7, 11) is 0. The maximum absolute atomic E-state index is 13.5. The average molecular weight is 341 g/mol. The second-order valence-corrected chi connectivity index (χ2v) is 6.46. The van der Waals surface area contributed by atoms with Crippen LogP contribution in [0.1, 0.15) is 24.8 Å². The maximum Gasteiger partial charge on any atom is 0.243 e. The van der Waals surface area contributed by atoms with E-state index in [4.69, 9.17) is 0 Å². The van der Waals surface area contributed by atoms with E-state index in [1.54, 1.807) is 19.1 Å². The van der Waals surface area contributed by atoms with Gasteiger partial charge in [0.25, 0.3) is 0 Å². The van der Waals surface area contributed by atoms with Gasteiger partial charge in [-0.15, -0.1) is 0 Å². The molecule has 0 atom stereocenters. The highest BCUT2D eigenvalue weighted by Crippen LogP contribution is 2.21. The summed E-state index contributed by atoms with van der Waals surface area (Å²) < 4.78 is 13.5. The third kappa shape index (κ3) is 4.72. The minimum Gasteiger partial charge on any atom is -0.376 e. The van der Waals surface area contributed by atoms with Crippen molar-refractivity contribution >= 4 is 23.0 Å². The zero-order valence-corrected chi connectivity index (χ0v) is 14.5. The SMILES string of the molecule is Cc1ccc(NCC(=O)Nc2ccc(N3CCCCC3)cc2)cc1F. The maximum atomic E-state index is 13.5. The smallest absolute Gasteiger partial charge is 0.243 e. The molecule has 4 nitrogen and oxygen atoms in total. The van der Waals surface area contributed by atoms with E-state index in [1.807, 2.05) is 24.3 Å². The highest BCUT2D eigenvalue weighted by molar-refractivity contribution is 5.93. The Bertz CT molecular complexity index is 724. The Hall–Kier alpha value is -2.56. The standard InChI is InChI=1S/C20H24FN3O/c1-15-5-6-17(13-19(15)21)22-14-20(25)23-16-7-9-18(10-8-16)24-11-3-2-4-12-24/h5-10,13,22H,2-4,11-12,14H2,1H3,(H,23,25). The number of anilines is 3. The molecule has 1 fully saturated rings. The third-order valence-corrected chi connectivity index (χ3v) is 4.50. The summed E-state index contributed by atoms with van der Waals surface area (Å²) in [4.78, 5) is 14.4. The van der Waals surface area contributed by atoms with Crippen LogP contribution in [0, 0.1) is 12.7 Å². The van der Waals surface area contributed by atoms with Crippen LogP contribution in [0.5, 0.6) is 0 Å². The molecule has 0 aliphatic carbocycles. The van der Waals surface area contributed by atoms with Crippen LogP contribution in [-0.2, 0) is 4.79 Å². The molecule has 0 bridgehead atoms. The zero-order valence-electron chi connectivity index (χ0n) is 14.5. The zero-order chi connectivity index (χ0) is 17.6. The van der Waals surface area contributed by atoms with Gasteiger partial charge < -0.3 is 15.5 Å². The van der Waals surface area contributed by atoms with Gasteiger partial charge in [0.2, 0.25) is 5.91 Å². The van der Waals surface area contributed by atoms with Crippen molar-refractivity contribution in [2.24, 2.45) is 0 Å². The van der Waals surface area contributed by atoms with Crippen LogP contribution in [0.15, 0.2) is 42.5 Å². The first-order valence-electron chi connectivity index (χ1n) is 8.77. The van der Waals surface area contributed by atoms with Crippen molar-refractivity contribution in [3.05, 3.63) is 53.8 Å². The van der Waals surface area contributed by atoms with E-state index in [-0.39, 0.29) is 18.3 Å². The topological polar surface area (TPSA) is 44.4 Å². The second-order valence-electron chi connectivity index (χ2n) is 6.46. The molecular weight excluding hydrogens is 317 g/mol. The Morgan fingerprint density at radius 2 is 1.72 bits per heavy atom. The van der Waals surface area contributed by atoms with E-state index in [0.29, 0.717) is 11.3 Å². The third-order valence-electron chi connectivity index (χ3n) is 4.50. The first-order chi connectivity index (χ1) is 12.1. The van der Waals surface area contributed by atoms with Gasteiger partial charge in [-0.25, -0.2) is 4.39 Å². The molecule has 1 aliphatic heterocycles. The summed E-state index contributed by atoms with van der Waals surface area (Å²) in [6.45, 7) is 4.00. The Morgan fingerprint density at radius 3 is 2.40 bits per heavy atom. The molecule has 2 aromatic carbocycles. The molecule has 0 aromatic heterocycles. The van der Waals surface area contributed by atoms with Gasteiger partial charge in [-0.3, -0.25) is 4.79 Å². The van der Waals surface area contributed by atoms with Crippen LogP contribution >= 0.6 is 0 Å². The van der Waals surface area contributed by atoms with Crippen molar-refractivity contribution in [1.29, 1.82) is 0 Å². The molecule has 1 heterocycles. The Morgan fingerprint density at radius 1 is 1.04 bits per heavy atom. The van der Waals surface area contributed by atoms with Crippen LogP contribution in [0.25, 0.3) is 0 Å². The van der Waals surface area contributed by atoms with Gasteiger partial charge in [0.05, 0.1) is 6.54 Å². The molecule has 0 saturated carbocycles. The number of halogens is 1. The van der Waals surface area contributed by atoms with E-state index in [0.717, 1.165) is 18.8 Å². The molecule has 5 heteroatoms. The lowest BCUT2D eigenvalue weighted by Gasteiger charge is -2.28. The van der Waals surface area contributed by atoms with Crippen molar-refractivity contribution in [1.82, 2.24) is 0 Å². The highest BCUT2D eigenvalue weighted by atomic mass is 19.1. The minimum absolute atomic E-state index is 0.0936. The fraction of sp³-hybridized carbons (Fsp3) is 0.350. The molecule has 0 unspecified atom stereocenters. The quantitative estimate of drug-likeness (QED) is 0.858. The lowest BCUT2D eigenvalue weighted by atomic mass is 10.1. The van der Waals surface area contributed by atoms with Crippen LogP contribution in [0.3, 0.4) is 0 Å². The van der Waals surface area contributed by atoms with Gasteiger partial charge in [0.1, 0.15) is 5.82 Å². The van der Waals surface area contributed by atoms with Gasteiger partial charge in [0, 0.05) is 30.2 Å². The number of rotatable bonds is 5. The number of carbonyl (C=O) groups excluding carboxylic acids is 1. The fourth-order valence-electron chi connectivity index (χ4n) is 3.00. The number of carbonyl (C=O) groups is 1. The molecule has 132 valence electrons. The molecule has 1 saturated heterocycles. The molecule has 3 rings (SSSR count). The fourth-order valence-corrected chi connectivity index (χ4v) is 3.00.